The summed E-state index contributed by atoms with van der Waals surface area (Å²) < 4.78 is 5.32. The molecule has 0 saturated carbocycles. The number of hydrogen-bond donors (Lipinski definition) is 5. The average molecular weight is 456 g/mol. The maximum Gasteiger partial charge on any atom is 0.343 e. The molecule has 7 N–H and O–H groups in total. The number of nitrogens with two attached hydrogens (primary N) is 2. The van der Waals surface area contributed by atoms with Gasteiger partial charge in [0.15, 0.2) is 6.04 Å². The number of aryl methyl sites for hydroxylation is 1. The minimum atomic E-state index is -1.37. The van der Waals surface area contributed by atoms with Gasteiger partial charge in [0, 0.05) is 6.42 Å². The Hall–Kier alpha value is -4.32. The van der Waals surface area contributed by atoms with E-state index >= 15 is 0 Å². The van der Waals surface area contributed by atoms with Gasteiger partial charge >= 0.3 is 11.9 Å². The number of benzene rings is 2. The van der Waals surface area contributed by atoms with Gasteiger partial charge in [-0.2, -0.15) is 0 Å². The van der Waals surface area contributed by atoms with Crippen molar-refractivity contribution in [1.29, 1.82) is 0 Å². The summed E-state index contributed by atoms with van der Waals surface area (Å²) in [6.07, 6.45) is -0.854. The van der Waals surface area contributed by atoms with Gasteiger partial charge in [-0.3, -0.25) is 4.79 Å². The predicted molar refractivity (Wildman–Crippen MR) is 118 cm³/mol. The van der Waals surface area contributed by atoms with Gasteiger partial charge in [-0.25, -0.2) is 14.6 Å². The number of carbonyl (C=O) groups excluding carboxylic acids is 2. The Labute approximate surface area is 189 Å². The van der Waals surface area contributed by atoms with Crippen molar-refractivity contribution >= 4 is 29.5 Å². The van der Waals surface area contributed by atoms with E-state index in [1.165, 1.54) is 19.1 Å². The molecule has 0 unspecified atom stereocenters. The lowest BCUT2D eigenvalue weighted by Gasteiger charge is -2.16. The first-order chi connectivity index (χ1) is 15.7. The number of aliphatic hydroxyl groups is 1. The minimum Gasteiger partial charge on any atom is -0.480 e. The number of guanidine groups is 1. The molecule has 0 aliphatic rings. The van der Waals surface area contributed by atoms with E-state index < -0.39 is 30.0 Å². The Bertz CT molecular complexity index is 1030. The van der Waals surface area contributed by atoms with Gasteiger partial charge in [-0.05, 0) is 55.3 Å². The minimum absolute atomic E-state index is 0.0294. The van der Waals surface area contributed by atoms with E-state index in [2.05, 4.69) is 20.6 Å². The van der Waals surface area contributed by atoms with Crippen LogP contribution in [0.4, 0.5) is 5.69 Å². The van der Waals surface area contributed by atoms with Crippen LogP contribution in [0, 0.1) is 0 Å². The van der Waals surface area contributed by atoms with Crippen LogP contribution in [0.1, 0.15) is 29.3 Å². The third kappa shape index (κ3) is 8.03. The van der Waals surface area contributed by atoms with Crippen LogP contribution in [0.5, 0.6) is 5.75 Å². The third-order valence-electron chi connectivity index (χ3n) is 4.35. The number of nitrogens with zero attached hydrogens (tertiary/aromatic N) is 3. The number of carbonyl (C=O) groups is 3. The Kier molecular flexibility index (Phi) is 9.00. The first-order valence-electron chi connectivity index (χ1n) is 9.76. The summed E-state index contributed by atoms with van der Waals surface area (Å²) in [5.74, 6) is 2.68. The summed E-state index contributed by atoms with van der Waals surface area (Å²) in [6.45, 7) is 1.29. The third-order valence-corrected chi connectivity index (χ3v) is 4.35. The van der Waals surface area contributed by atoms with Crippen LogP contribution >= 0.6 is 0 Å². The number of aliphatic hydroxyl groups excluding tert-OH is 1. The van der Waals surface area contributed by atoms with Gasteiger partial charge in [-0.1, -0.05) is 22.5 Å². The molecule has 1 amide bonds. The summed E-state index contributed by atoms with van der Waals surface area (Å²) in [7, 11) is 0. The van der Waals surface area contributed by atoms with Crippen molar-refractivity contribution in [3.8, 4) is 5.75 Å². The summed E-state index contributed by atoms with van der Waals surface area (Å²) in [4.78, 5) is 39.2. The number of amides is 1. The van der Waals surface area contributed by atoms with Gasteiger partial charge in [0.1, 0.15) is 5.75 Å². The van der Waals surface area contributed by atoms with E-state index in [4.69, 9.17) is 21.4 Å². The number of aliphatic imine (C=N–C) groups is 1. The fourth-order valence-corrected chi connectivity index (χ4v) is 2.67. The van der Waals surface area contributed by atoms with Crippen molar-refractivity contribution in [1.82, 2.24) is 5.32 Å². The molecule has 0 heterocycles. The molecule has 174 valence electrons. The second kappa shape index (κ2) is 11.9. The van der Waals surface area contributed by atoms with Crippen molar-refractivity contribution < 1.29 is 29.3 Å². The maximum atomic E-state index is 12.3. The van der Waals surface area contributed by atoms with Crippen molar-refractivity contribution in [3.63, 3.8) is 0 Å². The zero-order valence-electron chi connectivity index (χ0n) is 17.7. The van der Waals surface area contributed by atoms with Crippen LogP contribution < -0.4 is 21.6 Å². The first-order valence-corrected chi connectivity index (χ1v) is 9.76. The molecule has 12 heteroatoms. The lowest BCUT2D eigenvalue weighted by atomic mass is 10.1. The fourth-order valence-electron chi connectivity index (χ4n) is 2.67. The average Bonchev–Trinajstić information content (AvgIpc) is 2.77. The van der Waals surface area contributed by atoms with E-state index in [0.29, 0.717) is 23.4 Å². The van der Waals surface area contributed by atoms with Gasteiger partial charge < -0.3 is 31.8 Å². The van der Waals surface area contributed by atoms with Crippen LogP contribution in [-0.4, -0.2) is 46.2 Å². The Balaban J connectivity index is 1.90. The molecule has 0 fully saturated rings. The van der Waals surface area contributed by atoms with E-state index in [9.17, 15) is 19.5 Å². The fraction of sp³-hybridized carbons (Fsp3) is 0.238. The number of carboxylic acids is 1. The summed E-state index contributed by atoms with van der Waals surface area (Å²) in [5, 5.41) is 27.1. The standard InChI is InChI=1S/C21H24N6O6/c1-12(28)18(19(30)31)25-17(29)11-4-13-2-9-16(10-3-13)33-20(32)14-5-7-15(8-6-14)24-21(22)26-27-23/h2-3,5-10,12,18,28H,4,11H2,1H3,(H,25,29)(H,30,31)(H4,22,23,24,26)/t12-,18+/m1/s1. The Morgan fingerprint density at radius 2 is 1.73 bits per heavy atom. The zero-order valence-corrected chi connectivity index (χ0v) is 17.7. The highest BCUT2D eigenvalue weighted by Gasteiger charge is 2.24. The van der Waals surface area contributed by atoms with E-state index in [-0.39, 0.29) is 12.4 Å². The molecule has 0 aliphatic carbocycles. The molecule has 33 heavy (non-hydrogen) atoms. The van der Waals surface area contributed by atoms with Gasteiger partial charge in [0.25, 0.3) is 0 Å². The molecule has 2 rings (SSSR count). The number of ether oxygens (including phenoxy) is 1. The molecule has 0 bridgehead atoms. The van der Waals surface area contributed by atoms with Gasteiger partial charge in [0.2, 0.25) is 11.9 Å². The first kappa shape index (κ1) is 24.9. The van der Waals surface area contributed by atoms with E-state index in [0.717, 1.165) is 5.56 Å². The van der Waals surface area contributed by atoms with E-state index in [1.54, 1.807) is 36.4 Å². The molecule has 0 saturated heterocycles. The molecule has 0 spiro atoms. The molecule has 0 aromatic heterocycles. The van der Waals surface area contributed by atoms with Crippen LogP contribution in [-0.2, 0) is 16.0 Å². The maximum absolute atomic E-state index is 12.3. The molecular weight excluding hydrogens is 432 g/mol. The molecule has 2 aromatic carbocycles. The van der Waals surface area contributed by atoms with Gasteiger partial charge in [-0.15, -0.1) is 0 Å². The van der Waals surface area contributed by atoms with Crippen molar-refractivity contribution in [2.24, 2.45) is 26.9 Å². The molecule has 12 nitrogen and oxygen atoms in total. The highest BCUT2D eigenvalue weighted by Crippen LogP contribution is 2.18. The van der Waals surface area contributed by atoms with E-state index in [1.807, 2.05) is 0 Å². The SMILES string of the molecule is C[C@@H](O)[C@H](NC(=O)CCc1ccc(OC(=O)c2ccc(N=C(N)N=NN)cc2)cc1)C(=O)O. The Morgan fingerprint density at radius 3 is 2.27 bits per heavy atom. The number of rotatable bonds is 9. The lowest BCUT2D eigenvalue weighted by molar-refractivity contribution is -0.144. The second-order valence-corrected chi connectivity index (χ2v) is 6.89. The smallest absolute Gasteiger partial charge is 0.343 e. The number of carboxylic acid groups (broad SMARTS) is 1. The Morgan fingerprint density at radius 1 is 1.09 bits per heavy atom. The lowest BCUT2D eigenvalue weighted by Crippen LogP contribution is -2.47. The summed E-state index contributed by atoms with van der Waals surface area (Å²) in [6, 6.07) is 11.3. The predicted octanol–water partition coefficient (Wildman–Crippen LogP) is 1.06. The molecule has 0 aliphatic heterocycles. The zero-order chi connectivity index (χ0) is 24.4. The van der Waals surface area contributed by atoms with Crippen molar-refractivity contribution in [2.45, 2.75) is 31.9 Å². The number of hydrogen-bond acceptors (Lipinski definition) is 7. The number of aliphatic carboxylic acids is 1. The molecular formula is C21H24N6O6. The number of nitrogens with one attached hydrogen (secondary N) is 1. The normalized spacial score (nSPS) is 13.3. The largest absolute Gasteiger partial charge is 0.480 e. The molecule has 0 radical (unpaired) electrons. The number of esters is 1. The van der Waals surface area contributed by atoms with Crippen LogP contribution in [0.3, 0.4) is 0 Å². The second-order valence-electron chi connectivity index (χ2n) is 6.89. The van der Waals surface area contributed by atoms with Crippen LogP contribution in [0.25, 0.3) is 0 Å². The van der Waals surface area contributed by atoms with Crippen LogP contribution in [0.2, 0.25) is 0 Å². The monoisotopic (exact) mass is 456 g/mol. The van der Waals surface area contributed by atoms with Crippen molar-refractivity contribution in [3.05, 3.63) is 59.7 Å². The molecule has 2 atom stereocenters. The quantitative estimate of drug-likeness (QED) is 0.0700. The topological polar surface area (TPSA) is 202 Å². The highest BCUT2D eigenvalue weighted by molar-refractivity contribution is 5.91. The van der Waals surface area contributed by atoms with Crippen LogP contribution in [0.15, 0.2) is 63.9 Å². The summed E-state index contributed by atoms with van der Waals surface area (Å²) >= 11 is 0. The molecule has 2 aromatic rings. The highest BCUT2D eigenvalue weighted by atomic mass is 16.5. The van der Waals surface area contributed by atoms with Crippen molar-refractivity contribution in [2.75, 3.05) is 0 Å². The van der Waals surface area contributed by atoms with Gasteiger partial charge in [0.05, 0.1) is 17.4 Å². The summed E-state index contributed by atoms with van der Waals surface area (Å²) in [5.41, 5.74) is 7.00.